The van der Waals surface area contributed by atoms with Crippen LogP contribution in [-0.4, -0.2) is 30.5 Å². The Morgan fingerprint density at radius 3 is 3.00 bits per heavy atom. The first-order chi connectivity index (χ1) is 7.29. The molecular formula is C11H16N2OS. The van der Waals surface area contributed by atoms with Crippen molar-refractivity contribution in [3.8, 4) is 0 Å². The quantitative estimate of drug-likeness (QED) is 0.846. The summed E-state index contributed by atoms with van der Waals surface area (Å²) in [6.45, 7) is 3.87. The molecule has 82 valence electrons. The van der Waals surface area contributed by atoms with Crippen molar-refractivity contribution in [2.45, 2.75) is 23.2 Å². The molecule has 0 aliphatic carbocycles. The smallest absolute Gasteiger partial charge is 0.0967 e. The molecule has 1 N–H and O–H groups in total. The summed E-state index contributed by atoms with van der Waals surface area (Å²) in [5, 5.41) is 4.92. The molecular weight excluding hydrogens is 208 g/mol. The summed E-state index contributed by atoms with van der Waals surface area (Å²) in [6.07, 6.45) is 1.88. The minimum Gasteiger partial charge on any atom is -0.379 e. The molecule has 4 heteroatoms. The fraction of sp³-hybridized carbons (Fsp3) is 0.545. The lowest BCUT2D eigenvalue weighted by atomic mass is 10.1. The van der Waals surface area contributed by atoms with E-state index < -0.39 is 0 Å². The van der Waals surface area contributed by atoms with Crippen LogP contribution in [-0.2, 0) is 4.74 Å². The predicted octanol–water partition coefficient (Wildman–Crippen LogP) is 1.85. The highest BCUT2D eigenvalue weighted by molar-refractivity contribution is 8.00. The van der Waals surface area contributed by atoms with Gasteiger partial charge in [0.15, 0.2) is 0 Å². The maximum Gasteiger partial charge on any atom is 0.0967 e. The van der Waals surface area contributed by atoms with E-state index >= 15 is 0 Å². The number of nitrogens with zero attached hydrogens (tertiary/aromatic N) is 1. The van der Waals surface area contributed by atoms with Gasteiger partial charge in [0.25, 0.3) is 0 Å². The average Bonchev–Trinajstić information content (AvgIpc) is 2.23. The van der Waals surface area contributed by atoms with Gasteiger partial charge in [0.05, 0.1) is 23.5 Å². The molecule has 15 heavy (non-hydrogen) atoms. The number of thioether (sulfide) groups is 1. The molecule has 1 atom stereocenters. The Bertz CT molecular complexity index is 328. The van der Waals surface area contributed by atoms with Crippen LogP contribution in [0.1, 0.15) is 18.5 Å². The Labute approximate surface area is 94.6 Å². The van der Waals surface area contributed by atoms with E-state index in [1.165, 1.54) is 5.56 Å². The summed E-state index contributed by atoms with van der Waals surface area (Å²) >= 11 is 1.81. The highest BCUT2D eigenvalue weighted by Gasteiger charge is 2.20. The van der Waals surface area contributed by atoms with Crippen molar-refractivity contribution in [2.24, 2.45) is 0 Å². The van der Waals surface area contributed by atoms with E-state index in [9.17, 15) is 0 Å². The van der Waals surface area contributed by atoms with E-state index in [2.05, 4.69) is 29.4 Å². The summed E-state index contributed by atoms with van der Waals surface area (Å²) in [5.41, 5.74) is 1.29. The van der Waals surface area contributed by atoms with Crippen LogP contribution in [0, 0.1) is 0 Å². The van der Waals surface area contributed by atoms with Crippen LogP contribution in [0.4, 0.5) is 0 Å². The molecule has 0 spiro atoms. The molecule has 1 saturated heterocycles. The number of pyridine rings is 1. The van der Waals surface area contributed by atoms with Crippen LogP contribution in [0.2, 0.25) is 0 Å². The van der Waals surface area contributed by atoms with Crippen LogP contribution in [0.15, 0.2) is 23.4 Å². The van der Waals surface area contributed by atoms with Gasteiger partial charge in [-0.3, -0.25) is 0 Å². The maximum absolute atomic E-state index is 5.14. The second-order valence-corrected chi connectivity index (χ2v) is 5.04. The molecule has 0 bridgehead atoms. The molecule has 1 aromatic heterocycles. The van der Waals surface area contributed by atoms with E-state index in [1.54, 1.807) is 0 Å². The highest BCUT2D eigenvalue weighted by atomic mass is 32.2. The fourth-order valence-corrected chi connectivity index (χ4v) is 2.37. The highest BCUT2D eigenvalue weighted by Crippen LogP contribution is 2.27. The van der Waals surface area contributed by atoms with Gasteiger partial charge in [-0.1, -0.05) is 11.8 Å². The van der Waals surface area contributed by atoms with Crippen molar-refractivity contribution in [3.63, 3.8) is 0 Å². The van der Waals surface area contributed by atoms with Crippen molar-refractivity contribution < 1.29 is 4.74 Å². The summed E-state index contributed by atoms with van der Waals surface area (Å²) in [5.74, 6) is 0. The Balaban J connectivity index is 2.04. The lowest BCUT2D eigenvalue weighted by molar-refractivity contribution is 0.0454. The average molecular weight is 224 g/mol. The molecule has 0 aromatic carbocycles. The molecule has 0 amide bonds. The molecule has 1 aromatic rings. The van der Waals surface area contributed by atoms with Gasteiger partial charge in [-0.15, -0.1) is 0 Å². The Morgan fingerprint density at radius 1 is 1.60 bits per heavy atom. The van der Waals surface area contributed by atoms with Gasteiger partial charge in [0.2, 0.25) is 0 Å². The Morgan fingerprint density at radius 2 is 2.40 bits per heavy atom. The zero-order chi connectivity index (χ0) is 10.7. The van der Waals surface area contributed by atoms with Gasteiger partial charge < -0.3 is 10.1 Å². The van der Waals surface area contributed by atoms with E-state index in [-0.39, 0.29) is 0 Å². The van der Waals surface area contributed by atoms with Crippen LogP contribution in [0.5, 0.6) is 0 Å². The van der Waals surface area contributed by atoms with Crippen LogP contribution < -0.4 is 5.32 Å². The Hall–Kier alpha value is -0.580. The standard InChI is InChI=1S/C11H16N2OS/c1-8(12-2)9-3-4-13-11(5-9)15-10-6-14-7-10/h3-5,8,10,12H,6-7H2,1-2H3. The molecule has 1 fully saturated rings. The van der Waals surface area contributed by atoms with Crippen molar-refractivity contribution >= 4 is 11.8 Å². The Kier molecular flexibility index (Phi) is 3.61. The third-order valence-electron chi connectivity index (χ3n) is 2.59. The molecule has 1 aliphatic heterocycles. The SMILES string of the molecule is CNC(C)c1ccnc(SC2COC2)c1. The summed E-state index contributed by atoms with van der Waals surface area (Å²) in [6, 6.07) is 4.59. The first-order valence-electron chi connectivity index (χ1n) is 5.17. The van der Waals surface area contributed by atoms with E-state index in [4.69, 9.17) is 4.74 Å². The monoisotopic (exact) mass is 224 g/mol. The van der Waals surface area contributed by atoms with Crippen LogP contribution >= 0.6 is 11.8 Å². The third-order valence-corrected chi connectivity index (χ3v) is 3.66. The van der Waals surface area contributed by atoms with Crippen molar-refractivity contribution in [2.75, 3.05) is 20.3 Å². The van der Waals surface area contributed by atoms with Crippen molar-refractivity contribution in [1.82, 2.24) is 10.3 Å². The zero-order valence-corrected chi connectivity index (χ0v) is 9.88. The van der Waals surface area contributed by atoms with E-state index in [1.807, 2.05) is 25.0 Å². The first kappa shape index (κ1) is 10.9. The molecule has 1 unspecified atom stereocenters. The van der Waals surface area contributed by atoms with Crippen LogP contribution in [0.3, 0.4) is 0 Å². The molecule has 2 heterocycles. The van der Waals surface area contributed by atoms with Crippen molar-refractivity contribution in [3.05, 3.63) is 23.9 Å². The van der Waals surface area contributed by atoms with Gasteiger partial charge in [-0.05, 0) is 31.7 Å². The fourth-order valence-electron chi connectivity index (χ4n) is 1.38. The van der Waals surface area contributed by atoms with Crippen LogP contribution in [0.25, 0.3) is 0 Å². The zero-order valence-electron chi connectivity index (χ0n) is 9.06. The number of aromatic nitrogens is 1. The van der Waals surface area contributed by atoms with E-state index in [0.29, 0.717) is 11.3 Å². The summed E-state index contributed by atoms with van der Waals surface area (Å²) < 4.78 is 5.14. The normalized spacial score (nSPS) is 18.5. The van der Waals surface area contributed by atoms with Gasteiger partial charge in [0, 0.05) is 12.2 Å². The largest absolute Gasteiger partial charge is 0.379 e. The molecule has 1 aliphatic rings. The molecule has 0 radical (unpaired) electrons. The summed E-state index contributed by atoms with van der Waals surface area (Å²) in [4.78, 5) is 4.36. The van der Waals surface area contributed by atoms with Gasteiger partial charge in [-0.2, -0.15) is 0 Å². The molecule has 2 rings (SSSR count). The third kappa shape index (κ3) is 2.71. The maximum atomic E-state index is 5.14. The summed E-state index contributed by atoms with van der Waals surface area (Å²) in [7, 11) is 1.97. The number of rotatable bonds is 4. The number of hydrogen-bond donors (Lipinski definition) is 1. The van der Waals surface area contributed by atoms with Gasteiger partial charge in [0.1, 0.15) is 0 Å². The minimum absolute atomic E-state index is 0.380. The number of nitrogens with one attached hydrogen (secondary N) is 1. The number of hydrogen-bond acceptors (Lipinski definition) is 4. The van der Waals surface area contributed by atoms with Gasteiger partial charge in [-0.25, -0.2) is 4.98 Å². The predicted molar refractivity (Wildman–Crippen MR) is 62.2 cm³/mol. The second-order valence-electron chi connectivity index (χ2n) is 3.72. The number of ether oxygens (including phenoxy) is 1. The van der Waals surface area contributed by atoms with Gasteiger partial charge >= 0.3 is 0 Å². The molecule has 3 nitrogen and oxygen atoms in total. The lowest BCUT2D eigenvalue weighted by Gasteiger charge is -2.24. The first-order valence-corrected chi connectivity index (χ1v) is 6.05. The minimum atomic E-state index is 0.380. The van der Waals surface area contributed by atoms with E-state index in [0.717, 1.165) is 18.2 Å². The topological polar surface area (TPSA) is 34.2 Å². The second kappa shape index (κ2) is 4.96. The van der Waals surface area contributed by atoms with Crippen molar-refractivity contribution in [1.29, 1.82) is 0 Å². The molecule has 0 saturated carbocycles. The lowest BCUT2D eigenvalue weighted by Crippen LogP contribution is -2.30.